The molecule has 1 heterocycles. The monoisotopic (exact) mass is 398 g/mol. The standard InChI is InChI=1S/C22H23FN2O4/c1-24(2)12-13-25-19(14-4-8-16(23)9-5-14)18(21(27)22(25)28)20(26)15-6-10-17(29-3)11-7-15/h4-11,19,26H,12-13H2,1-3H3/b20-18+/t19-/m0/s1. The van der Waals surface area contributed by atoms with Gasteiger partial charge in [-0.1, -0.05) is 12.1 Å². The number of carbonyl (C=O) groups excluding carboxylic acids is 2. The summed E-state index contributed by atoms with van der Waals surface area (Å²) in [6.07, 6.45) is 0. The smallest absolute Gasteiger partial charge is 0.295 e. The highest BCUT2D eigenvalue weighted by molar-refractivity contribution is 6.46. The summed E-state index contributed by atoms with van der Waals surface area (Å²) in [6.45, 7) is 0.826. The van der Waals surface area contributed by atoms with Gasteiger partial charge in [0.25, 0.3) is 11.7 Å². The van der Waals surface area contributed by atoms with E-state index in [-0.39, 0.29) is 11.3 Å². The quantitative estimate of drug-likeness (QED) is 0.460. The van der Waals surface area contributed by atoms with Gasteiger partial charge >= 0.3 is 0 Å². The number of aliphatic hydroxyl groups excluding tert-OH is 1. The molecule has 7 heteroatoms. The number of amides is 1. The van der Waals surface area contributed by atoms with E-state index >= 15 is 0 Å². The number of hydrogen-bond donors (Lipinski definition) is 1. The van der Waals surface area contributed by atoms with Crippen LogP contribution in [0.25, 0.3) is 5.76 Å². The number of aliphatic hydroxyl groups is 1. The van der Waals surface area contributed by atoms with Gasteiger partial charge < -0.3 is 19.6 Å². The van der Waals surface area contributed by atoms with Crippen molar-refractivity contribution in [3.8, 4) is 5.75 Å². The fourth-order valence-electron chi connectivity index (χ4n) is 3.31. The van der Waals surface area contributed by atoms with Crippen LogP contribution in [0.15, 0.2) is 54.1 Å². The van der Waals surface area contributed by atoms with Gasteiger partial charge in [-0.3, -0.25) is 9.59 Å². The van der Waals surface area contributed by atoms with E-state index in [0.29, 0.717) is 30.0 Å². The molecule has 3 rings (SSSR count). The zero-order chi connectivity index (χ0) is 21.1. The molecule has 0 unspecified atom stereocenters. The van der Waals surface area contributed by atoms with Crippen LogP contribution in [0.5, 0.6) is 5.75 Å². The summed E-state index contributed by atoms with van der Waals surface area (Å²) in [4.78, 5) is 28.9. The average molecular weight is 398 g/mol. The van der Waals surface area contributed by atoms with Crippen LogP contribution in [-0.4, -0.2) is 60.9 Å². The number of halogens is 1. The predicted molar refractivity (Wildman–Crippen MR) is 107 cm³/mol. The van der Waals surface area contributed by atoms with Gasteiger partial charge in [0.1, 0.15) is 17.3 Å². The van der Waals surface area contributed by atoms with Crippen molar-refractivity contribution in [3.63, 3.8) is 0 Å². The summed E-state index contributed by atoms with van der Waals surface area (Å²) in [7, 11) is 5.25. The number of carbonyl (C=O) groups is 2. The molecule has 0 radical (unpaired) electrons. The van der Waals surface area contributed by atoms with Crippen LogP contribution in [0, 0.1) is 5.82 Å². The number of hydrogen-bond acceptors (Lipinski definition) is 5. The van der Waals surface area contributed by atoms with Crippen LogP contribution in [0.3, 0.4) is 0 Å². The summed E-state index contributed by atoms with van der Waals surface area (Å²) in [6, 6.07) is 11.3. The van der Waals surface area contributed by atoms with Crippen LogP contribution in [0.1, 0.15) is 17.2 Å². The van der Waals surface area contributed by atoms with Gasteiger partial charge in [0.2, 0.25) is 0 Å². The minimum absolute atomic E-state index is 0.00877. The number of methoxy groups -OCH3 is 1. The Morgan fingerprint density at radius 1 is 1.10 bits per heavy atom. The van der Waals surface area contributed by atoms with Crippen LogP contribution < -0.4 is 4.74 Å². The lowest BCUT2D eigenvalue weighted by Crippen LogP contribution is -2.35. The Morgan fingerprint density at radius 2 is 1.72 bits per heavy atom. The van der Waals surface area contributed by atoms with Gasteiger partial charge in [-0.05, 0) is 56.1 Å². The highest BCUT2D eigenvalue weighted by atomic mass is 19.1. The van der Waals surface area contributed by atoms with Crippen LogP contribution in [-0.2, 0) is 9.59 Å². The fraction of sp³-hybridized carbons (Fsp3) is 0.273. The molecule has 6 nitrogen and oxygen atoms in total. The van der Waals surface area contributed by atoms with Gasteiger partial charge in [-0.25, -0.2) is 4.39 Å². The number of rotatable bonds is 6. The van der Waals surface area contributed by atoms with Crippen molar-refractivity contribution in [2.75, 3.05) is 34.3 Å². The second-order valence-corrected chi connectivity index (χ2v) is 7.08. The molecule has 2 aromatic rings. The first-order valence-corrected chi connectivity index (χ1v) is 9.16. The Bertz CT molecular complexity index is 936. The first-order chi connectivity index (χ1) is 13.8. The molecule has 0 aromatic heterocycles. The first kappa shape index (κ1) is 20.5. The van der Waals surface area contributed by atoms with Crippen LogP contribution in [0.4, 0.5) is 4.39 Å². The third-order valence-corrected chi connectivity index (χ3v) is 4.88. The molecule has 0 bridgehead atoms. The van der Waals surface area contributed by atoms with E-state index < -0.39 is 23.5 Å². The molecule has 0 spiro atoms. The Hall–Kier alpha value is -3.19. The lowest BCUT2D eigenvalue weighted by molar-refractivity contribution is -0.140. The molecule has 1 N–H and O–H groups in total. The van der Waals surface area contributed by atoms with Crippen molar-refractivity contribution < 1.29 is 23.8 Å². The van der Waals surface area contributed by atoms with Crippen molar-refractivity contribution >= 4 is 17.4 Å². The number of Topliss-reactive ketones (excluding diaryl/α,β-unsaturated/α-hetero) is 1. The zero-order valence-corrected chi connectivity index (χ0v) is 16.6. The molecule has 152 valence electrons. The molecule has 1 fully saturated rings. The molecular formula is C22H23FN2O4. The van der Waals surface area contributed by atoms with Gasteiger partial charge in [-0.2, -0.15) is 0 Å². The molecular weight excluding hydrogens is 375 g/mol. The lowest BCUT2D eigenvalue weighted by Gasteiger charge is -2.26. The highest BCUT2D eigenvalue weighted by Gasteiger charge is 2.45. The number of likely N-dealkylation sites (tertiary alicyclic amines) is 1. The maximum absolute atomic E-state index is 13.4. The molecule has 1 aliphatic rings. The van der Waals surface area contributed by atoms with Crippen LogP contribution in [0.2, 0.25) is 0 Å². The van der Waals surface area contributed by atoms with Crippen molar-refractivity contribution in [3.05, 3.63) is 71.0 Å². The molecule has 1 amide bonds. The minimum atomic E-state index is -0.794. The van der Waals surface area contributed by atoms with E-state index in [1.165, 1.54) is 36.3 Å². The van der Waals surface area contributed by atoms with E-state index in [4.69, 9.17) is 4.74 Å². The van der Waals surface area contributed by atoms with Crippen molar-refractivity contribution in [1.82, 2.24) is 9.80 Å². The second kappa shape index (κ2) is 8.45. The van der Waals surface area contributed by atoms with Gasteiger partial charge in [0.05, 0.1) is 18.7 Å². The number of likely N-dealkylation sites (N-methyl/N-ethyl adjacent to an activating group) is 1. The molecule has 1 atom stereocenters. The molecule has 29 heavy (non-hydrogen) atoms. The summed E-state index contributed by atoms with van der Waals surface area (Å²) < 4.78 is 18.6. The van der Waals surface area contributed by atoms with Crippen molar-refractivity contribution in [2.45, 2.75) is 6.04 Å². The predicted octanol–water partition coefficient (Wildman–Crippen LogP) is 2.82. The van der Waals surface area contributed by atoms with Gasteiger partial charge in [0.15, 0.2) is 0 Å². The Morgan fingerprint density at radius 3 is 2.28 bits per heavy atom. The number of benzene rings is 2. The van der Waals surface area contributed by atoms with Gasteiger partial charge in [-0.15, -0.1) is 0 Å². The highest BCUT2D eigenvalue weighted by Crippen LogP contribution is 2.39. The number of nitrogens with zero attached hydrogens (tertiary/aromatic N) is 2. The molecule has 1 saturated heterocycles. The van der Waals surface area contributed by atoms with E-state index in [9.17, 15) is 19.1 Å². The molecule has 0 aliphatic carbocycles. The normalized spacial score (nSPS) is 18.5. The Kier molecular flexibility index (Phi) is 5.98. The van der Waals surface area contributed by atoms with Crippen molar-refractivity contribution in [1.29, 1.82) is 0 Å². The van der Waals surface area contributed by atoms with E-state index in [0.717, 1.165) is 0 Å². The SMILES string of the molecule is COc1ccc(/C(O)=C2\C(=O)C(=O)N(CCN(C)C)[C@H]2c2ccc(F)cc2)cc1. The second-order valence-electron chi connectivity index (χ2n) is 7.08. The first-order valence-electron chi connectivity index (χ1n) is 9.16. The maximum atomic E-state index is 13.4. The summed E-state index contributed by atoms with van der Waals surface area (Å²) >= 11 is 0. The molecule has 2 aromatic carbocycles. The number of ether oxygens (including phenoxy) is 1. The minimum Gasteiger partial charge on any atom is -0.507 e. The van der Waals surface area contributed by atoms with E-state index in [1.54, 1.807) is 24.3 Å². The molecule has 0 saturated carbocycles. The Balaban J connectivity index is 2.11. The van der Waals surface area contributed by atoms with Crippen molar-refractivity contribution in [2.24, 2.45) is 0 Å². The number of ketones is 1. The largest absolute Gasteiger partial charge is 0.507 e. The Labute approximate surface area is 168 Å². The maximum Gasteiger partial charge on any atom is 0.295 e. The third kappa shape index (κ3) is 4.14. The third-order valence-electron chi connectivity index (χ3n) is 4.88. The van der Waals surface area contributed by atoms with Crippen LogP contribution >= 0.6 is 0 Å². The average Bonchev–Trinajstić information content (AvgIpc) is 2.97. The lowest BCUT2D eigenvalue weighted by atomic mass is 9.95. The zero-order valence-electron chi connectivity index (χ0n) is 16.6. The fourth-order valence-corrected chi connectivity index (χ4v) is 3.31. The summed E-state index contributed by atoms with van der Waals surface area (Å²) in [5.74, 6) is -1.53. The summed E-state index contributed by atoms with van der Waals surface area (Å²) in [5.41, 5.74) is 0.938. The van der Waals surface area contributed by atoms with E-state index in [2.05, 4.69) is 0 Å². The topological polar surface area (TPSA) is 70.1 Å². The van der Waals surface area contributed by atoms with Gasteiger partial charge in [0, 0.05) is 18.7 Å². The van der Waals surface area contributed by atoms with E-state index in [1.807, 2.05) is 19.0 Å². The molecule has 1 aliphatic heterocycles. The summed E-state index contributed by atoms with van der Waals surface area (Å²) in [5, 5.41) is 10.9.